The molecule has 22 heavy (non-hydrogen) atoms. The number of hydrogen-bond donors (Lipinski definition) is 0. The van der Waals surface area contributed by atoms with Gasteiger partial charge in [0.2, 0.25) is 0 Å². The fourth-order valence-electron chi connectivity index (χ4n) is 2.12. The van der Waals surface area contributed by atoms with E-state index in [1.807, 2.05) is 0 Å². The quantitative estimate of drug-likeness (QED) is 0.848. The third-order valence-electron chi connectivity index (χ3n) is 3.19. The Bertz CT molecular complexity index is 913. The Kier molecular flexibility index (Phi) is 3.68. The summed E-state index contributed by atoms with van der Waals surface area (Å²) < 4.78 is 28.6. The molecule has 0 heterocycles. The molecule has 110 valence electrons. The molecule has 1 aliphatic rings. The van der Waals surface area contributed by atoms with E-state index in [2.05, 4.69) is 4.40 Å². The maximum absolute atomic E-state index is 12.4. The fraction of sp³-hybridized carbons (Fsp3) is 0. The molecule has 0 fully saturated rings. The van der Waals surface area contributed by atoms with Crippen LogP contribution in [0.2, 0.25) is 5.02 Å². The molecule has 3 rings (SSSR count). The van der Waals surface area contributed by atoms with Gasteiger partial charge in [-0.05, 0) is 36.4 Å². The zero-order valence-electron chi connectivity index (χ0n) is 11.2. The second kappa shape index (κ2) is 5.51. The Morgan fingerprint density at radius 1 is 0.864 bits per heavy atom. The predicted octanol–water partition coefficient (Wildman–Crippen LogP) is 3.27. The Hall–Kier alpha value is -2.24. The van der Waals surface area contributed by atoms with Gasteiger partial charge in [0.05, 0.1) is 10.6 Å². The average molecular weight is 332 g/mol. The van der Waals surface area contributed by atoms with Crippen molar-refractivity contribution in [1.29, 1.82) is 0 Å². The van der Waals surface area contributed by atoms with Crippen molar-refractivity contribution >= 4 is 33.1 Å². The van der Waals surface area contributed by atoms with Crippen molar-refractivity contribution in [3.05, 3.63) is 76.8 Å². The molecule has 0 saturated heterocycles. The molecule has 0 saturated carbocycles. The number of sulfonamides is 1. The number of ketones is 1. The molecule has 0 unspecified atom stereocenters. The SMILES string of the molecule is O=C1C=C/C(=N\S(=O)(=O)c2ccc(Cl)cc2)c2ccccc21. The molecule has 0 radical (unpaired) electrons. The summed E-state index contributed by atoms with van der Waals surface area (Å²) in [6.45, 7) is 0. The largest absolute Gasteiger partial charge is 0.289 e. The lowest BCUT2D eigenvalue weighted by atomic mass is 9.95. The molecular weight excluding hydrogens is 322 g/mol. The lowest BCUT2D eigenvalue weighted by Crippen LogP contribution is -2.14. The van der Waals surface area contributed by atoms with E-state index in [9.17, 15) is 13.2 Å². The number of rotatable bonds is 2. The van der Waals surface area contributed by atoms with Gasteiger partial charge in [-0.1, -0.05) is 35.9 Å². The molecule has 1 aliphatic carbocycles. The van der Waals surface area contributed by atoms with E-state index < -0.39 is 10.0 Å². The van der Waals surface area contributed by atoms with Crippen molar-refractivity contribution in [2.45, 2.75) is 4.90 Å². The highest BCUT2D eigenvalue weighted by molar-refractivity contribution is 7.90. The normalized spacial score (nSPS) is 15.9. The molecule has 2 aromatic carbocycles. The third-order valence-corrected chi connectivity index (χ3v) is 4.75. The number of fused-ring (bicyclic) bond motifs is 1. The first-order valence-corrected chi connectivity index (χ1v) is 8.21. The van der Waals surface area contributed by atoms with Gasteiger partial charge in [-0.2, -0.15) is 12.8 Å². The molecule has 2 aromatic rings. The summed E-state index contributed by atoms with van der Waals surface area (Å²) in [6, 6.07) is 12.5. The maximum Gasteiger partial charge on any atom is 0.282 e. The third kappa shape index (κ3) is 2.73. The number of hydrogen-bond acceptors (Lipinski definition) is 3. The van der Waals surface area contributed by atoms with Gasteiger partial charge in [-0.3, -0.25) is 4.79 Å². The van der Waals surface area contributed by atoms with Crippen molar-refractivity contribution < 1.29 is 13.2 Å². The molecular formula is C16H10ClNO3S. The highest BCUT2D eigenvalue weighted by atomic mass is 35.5. The van der Waals surface area contributed by atoms with Crippen LogP contribution in [0.1, 0.15) is 15.9 Å². The number of benzene rings is 2. The van der Waals surface area contributed by atoms with Crippen molar-refractivity contribution in [2.24, 2.45) is 4.40 Å². The van der Waals surface area contributed by atoms with Crippen LogP contribution in [0.4, 0.5) is 0 Å². The highest BCUT2D eigenvalue weighted by Crippen LogP contribution is 2.21. The van der Waals surface area contributed by atoms with Crippen molar-refractivity contribution in [2.75, 3.05) is 0 Å². The summed E-state index contributed by atoms with van der Waals surface area (Å²) in [6.07, 6.45) is 2.73. The van der Waals surface area contributed by atoms with E-state index in [1.54, 1.807) is 24.3 Å². The number of carbonyl (C=O) groups is 1. The van der Waals surface area contributed by atoms with Crippen LogP contribution in [0.25, 0.3) is 0 Å². The van der Waals surface area contributed by atoms with Crippen LogP contribution in [0.3, 0.4) is 0 Å². The molecule has 0 aromatic heterocycles. The van der Waals surface area contributed by atoms with E-state index in [1.165, 1.54) is 36.4 Å². The summed E-state index contributed by atoms with van der Waals surface area (Å²) in [5.41, 5.74) is 1.19. The van der Waals surface area contributed by atoms with Crippen molar-refractivity contribution in [1.82, 2.24) is 0 Å². The fourth-order valence-corrected chi connectivity index (χ4v) is 3.25. The average Bonchev–Trinajstić information content (AvgIpc) is 2.51. The lowest BCUT2D eigenvalue weighted by Gasteiger charge is -2.11. The van der Waals surface area contributed by atoms with Crippen LogP contribution in [-0.4, -0.2) is 19.9 Å². The summed E-state index contributed by atoms with van der Waals surface area (Å²) in [5.74, 6) is -0.168. The first-order chi connectivity index (χ1) is 10.5. The highest BCUT2D eigenvalue weighted by Gasteiger charge is 2.20. The zero-order valence-corrected chi connectivity index (χ0v) is 12.8. The Morgan fingerprint density at radius 3 is 2.18 bits per heavy atom. The number of halogens is 1. The van der Waals surface area contributed by atoms with Crippen LogP contribution in [0, 0.1) is 0 Å². The Morgan fingerprint density at radius 2 is 1.50 bits per heavy atom. The minimum absolute atomic E-state index is 0.0483. The van der Waals surface area contributed by atoms with E-state index >= 15 is 0 Å². The van der Waals surface area contributed by atoms with Gasteiger partial charge < -0.3 is 0 Å². The van der Waals surface area contributed by atoms with Gasteiger partial charge >= 0.3 is 0 Å². The van der Waals surface area contributed by atoms with Crippen LogP contribution in [-0.2, 0) is 10.0 Å². The van der Waals surface area contributed by atoms with Crippen LogP contribution < -0.4 is 0 Å². The van der Waals surface area contributed by atoms with Gasteiger partial charge in [0.15, 0.2) is 5.78 Å². The van der Waals surface area contributed by atoms with E-state index in [-0.39, 0.29) is 16.4 Å². The molecule has 4 nitrogen and oxygen atoms in total. The molecule has 0 atom stereocenters. The molecule has 0 amide bonds. The monoisotopic (exact) mass is 331 g/mol. The topological polar surface area (TPSA) is 63.6 Å². The van der Waals surface area contributed by atoms with Crippen LogP contribution in [0.15, 0.2) is 70.0 Å². The van der Waals surface area contributed by atoms with Gasteiger partial charge in [0.25, 0.3) is 10.0 Å². The van der Waals surface area contributed by atoms with Crippen LogP contribution in [0.5, 0.6) is 0 Å². The summed E-state index contributed by atoms with van der Waals surface area (Å²) in [4.78, 5) is 11.8. The molecule has 0 spiro atoms. The second-order valence-corrected chi connectivity index (χ2v) is 6.69. The minimum Gasteiger partial charge on any atom is -0.289 e. The Balaban J connectivity index is 2.10. The predicted molar refractivity (Wildman–Crippen MR) is 85.1 cm³/mol. The summed E-state index contributed by atoms with van der Waals surface area (Å²) in [5, 5.41) is 0.445. The smallest absolute Gasteiger partial charge is 0.282 e. The van der Waals surface area contributed by atoms with Gasteiger partial charge in [0.1, 0.15) is 0 Å². The second-order valence-electron chi connectivity index (χ2n) is 4.65. The van der Waals surface area contributed by atoms with Crippen molar-refractivity contribution in [3.8, 4) is 0 Å². The van der Waals surface area contributed by atoms with Gasteiger partial charge in [-0.25, -0.2) is 0 Å². The van der Waals surface area contributed by atoms with E-state index in [0.29, 0.717) is 16.1 Å². The maximum atomic E-state index is 12.4. The number of allylic oxidation sites excluding steroid dienone is 2. The minimum atomic E-state index is -3.87. The zero-order chi connectivity index (χ0) is 15.7. The van der Waals surface area contributed by atoms with Crippen LogP contribution >= 0.6 is 11.6 Å². The summed E-state index contributed by atoms with van der Waals surface area (Å²) in [7, 11) is -3.87. The first-order valence-electron chi connectivity index (χ1n) is 6.40. The van der Waals surface area contributed by atoms with Crippen molar-refractivity contribution in [3.63, 3.8) is 0 Å². The van der Waals surface area contributed by atoms with E-state index in [0.717, 1.165) is 0 Å². The van der Waals surface area contributed by atoms with Gasteiger partial charge in [0, 0.05) is 16.1 Å². The standard InChI is InChI=1S/C16H10ClNO3S/c17-11-5-7-12(8-6-11)22(20,21)18-15-9-10-16(19)14-4-2-1-3-13(14)15/h1-10H/b18-15+. The molecule has 0 N–H and O–H groups in total. The number of carbonyl (C=O) groups excluding carboxylic acids is 1. The molecule has 0 aliphatic heterocycles. The van der Waals surface area contributed by atoms with Gasteiger partial charge in [-0.15, -0.1) is 0 Å². The summed E-state index contributed by atoms with van der Waals surface area (Å²) >= 11 is 5.76. The number of nitrogens with zero attached hydrogens (tertiary/aromatic N) is 1. The molecule has 6 heteroatoms. The molecule has 0 bridgehead atoms. The lowest BCUT2D eigenvalue weighted by molar-refractivity contribution is 0.104. The first kappa shape index (κ1) is 14.7. The van der Waals surface area contributed by atoms with E-state index in [4.69, 9.17) is 11.6 Å². The Labute approximate surface area is 132 Å².